The molecule has 0 saturated heterocycles. The first-order valence-electron chi connectivity index (χ1n) is 11.8. The zero-order valence-electron chi connectivity index (χ0n) is 20.2. The van der Waals surface area contributed by atoms with Crippen molar-refractivity contribution in [1.29, 1.82) is 0 Å². The van der Waals surface area contributed by atoms with Crippen molar-refractivity contribution >= 4 is 40.3 Å². The second-order valence-corrected chi connectivity index (χ2v) is 10.8. The second-order valence-electron chi connectivity index (χ2n) is 9.85. The summed E-state index contributed by atoms with van der Waals surface area (Å²) in [6, 6.07) is 5.33. The molecule has 4 rings (SSSR count). The number of fused-ring (bicyclic) bond motifs is 3. The Bertz CT molecular complexity index is 1280. The van der Waals surface area contributed by atoms with Gasteiger partial charge in [0.15, 0.2) is 5.16 Å². The molecule has 34 heavy (non-hydrogen) atoms. The molecule has 0 aliphatic heterocycles. The predicted octanol–water partition coefficient (Wildman–Crippen LogP) is 3.13. The summed E-state index contributed by atoms with van der Waals surface area (Å²) in [5, 5.41) is 15.6. The number of thioether (sulfide) groups is 1. The molecule has 1 aliphatic carbocycles. The van der Waals surface area contributed by atoms with Crippen LogP contribution in [0.1, 0.15) is 70.2 Å². The molecule has 0 radical (unpaired) electrons. The van der Waals surface area contributed by atoms with Gasteiger partial charge in [-0.2, -0.15) is 0 Å². The van der Waals surface area contributed by atoms with Gasteiger partial charge in [-0.1, -0.05) is 31.5 Å². The van der Waals surface area contributed by atoms with E-state index in [4.69, 9.17) is 0 Å². The van der Waals surface area contributed by atoms with Crippen molar-refractivity contribution in [3.05, 3.63) is 34.1 Å². The normalized spacial score (nSPS) is 14.7. The quantitative estimate of drug-likeness (QED) is 0.499. The van der Waals surface area contributed by atoms with Gasteiger partial charge in [-0.3, -0.25) is 23.4 Å². The highest BCUT2D eigenvalue weighted by Gasteiger charge is 2.22. The summed E-state index contributed by atoms with van der Waals surface area (Å²) in [6.07, 6.45) is 5.00. The van der Waals surface area contributed by atoms with E-state index in [2.05, 4.69) is 20.8 Å². The van der Waals surface area contributed by atoms with Crippen LogP contribution in [-0.4, -0.2) is 48.3 Å². The van der Waals surface area contributed by atoms with E-state index in [-0.39, 0.29) is 34.7 Å². The van der Waals surface area contributed by atoms with Crippen LogP contribution in [0, 0.1) is 0 Å². The molecule has 1 fully saturated rings. The molecule has 9 nitrogen and oxygen atoms in total. The van der Waals surface area contributed by atoms with Gasteiger partial charge in [0.25, 0.3) is 11.5 Å². The standard InChI is InChI=1S/C24H32N6O3S/c1-5-12-29-21(33)17-11-10-15(20(32)25-16-8-6-7-9-16)13-18(17)30-22(29)27-28-23(30)34-14-19(31)26-24(2,3)4/h10-11,13,16H,5-9,12,14H2,1-4H3,(H,25,32)(H,26,31). The topological polar surface area (TPSA) is 110 Å². The van der Waals surface area contributed by atoms with Crippen LogP contribution in [-0.2, 0) is 11.3 Å². The third-order valence-corrected chi connectivity index (χ3v) is 6.75. The van der Waals surface area contributed by atoms with Gasteiger partial charge >= 0.3 is 0 Å². The molecule has 0 spiro atoms. The van der Waals surface area contributed by atoms with Crippen molar-refractivity contribution in [2.45, 2.75) is 83.1 Å². The van der Waals surface area contributed by atoms with Gasteiger partial charge in [0.1, 0.15) is 0 Å². The minimum Gasteiger partial charge on any atom is -0.351 e. The molecule has 0 atom stereocenters. The Morgan fingerprint density at radius 2 is 1.91 bits per heavy atom. The highest BCUT2D eigenvalue weighted by atomic mass is 32.2. The molecule has 0 bridgehead atoms. The van der Waals surface area contributed by atoms with Crippen molar-refractivity contribution in [3.8, 4) is 0 Å². The minimum atomic E-state index is -0.333. The first kappa shape index (κ1) is 24.3. The van der Waals surface area contributed by atoms with E-state index in [1.165, 1.54) is 11.8 Å². The van der Waals surface area contributed by atoms with Gasteiger partial charge < -0.3 is 10.6 Å². The van der Waals surface area contributed by atoms with Crippen molar-refractivity contribution in [2.24, 2.45) is 0 Å². The summed E-state index contributed by atoms with van der Waals surface area (Å²) < 4.78 is 3.39. The number of carbonyl (C=O) groups excluding carboxylic acids is 2. The highest BCUT2D eigenvalue weighted by Crippen LogP contribution is 2.24. The van der Waals surface area contributed by atoms with Crippen molar-refractivity contribution in [2.75, 3.05) is 5.75 Å². The Morgan fingerprint density at radius 3 is 2.59 bits per heavy atom. The zero-order valence-corrected chi connectivity index (χ0v) is 21.0. The number of carbonyl (C=O) groups is 2. The molecule has 2 amide bonds. The van der Waals surface area contributed by atoms with Gasteiger partial charge in [0.05, 0.1) is 16.7 Å². The van der Waals surface area contributed by atoms with E-state index < -0.39 is 0 Å². The van der Waals surface area contributed by atoms with Crippen LogP contribution in [0.4, 0.5) is 0 Å². The van der Waals surface area contributed by atoms with E-state index in [1.807, 2.05) is 27.7 Å². The Balaban J connectivity index is 1.76. The third kappa shape index (κ3) is 5.11. The van der Waals surface area contributed by atoms with Crippen LogP contribution in [0.2, 0.25) is 0 Å². The molecule has 3 aromatic rings. The van der Waals surface area contributed by atoms with E-state index >= 15 is 0 Å². The van der Waals surface area contributed by atoms with Crippen LogP contribution in [0.25, 0.3) is 16.7 Å². The second kappa shape index (κ2) is 9.77. The number of hydrogen-bond donors (Lipinski definition) is 2. The lowest BCUT2D eigenvalue weighted by atomic mass is 10.1. The number of nitrogens with zero attached hydrogens (tertiary/aromatic N) is 4. The highest BCUT2D eigenvalue weighted by molar-refractivity contribution is 7.99. The van der Waals surface area contributed by atoms with Crippen molar-refractivity contribution < 1.29 is 9.59 Å². The van der Waals surface area contributed by atoms with Gasteiger partial charge in [0, 0.05) is 23.7 Å². The number of amides is 2. The van der Waals surface area contributed by atoms with Crippen molar-refractivity contribution in [3.63, 3.8) is 0 Å². The van der Waals surface area contributed by atoms with Gasteiger partial charge in [-0.05, 0) is 58.2 Å². The summed E-state index contributed by atoms with van der Waals surface area (Å²) in [6.45, 7) is 8.27. The van der Waals surface area contributed by atoms with Gasteiger partial charge in [-0.15, -0.1) is 10.2 Å². The number of benzene rings is 1. The maximum Gasteiger partial charge on any atom is 0.262 e. The van der Waals surface area contributed by atoms with Gasteiger partial charge in [-0.25, -0.2) is 0 Å². The Morgan fingerprint density at radius 1 is 1.18 bits per heavy atom. The van der Waals surface area contributed by atoms with Crippen LogP contribution >= 0.6 is 11.8 Å². The fraction of sp³-hybridized carbons (Fsp3) is 0.542. The third-order valence-electron chi connectivity index (χ3n) is 5.82. The lowest BCUT2D eigenvalue weighted by Crippen LogP contribution is -2.41. The average Bonchev–Trinajstić information content (AvgIpc) is 3.43. The Kier molecular flexibility index (Phi) is 6.97. The molecule has 0 unspecified atom stereocenters. The van der Waals surface area contributed by atoms with Crippen LogP contribution in [0.15, 0.2) is 28.2 Å². The molecule has 2 N–H and O–H groups in total. The SMILES string of the molecule is CCCn1c(=O)c2ccc(C(=O)NC3CCCC3)cc2n2c(SCC(=O)NC(C)(C)C)nnc12. The number of rotatable bonds is 7. The Labute approximate surface area is 202 Å². The van der Waals surface area contributed by atoms with Gasteiger partial charge in [0.2, 0.25) is 11.7 Å². The predicted molar refractivity (Wildman–Crippen MR) is 133 cm³/mol. The lowest BCUT2D eigenvalue weighted by Gasteiger charge is -2.20. The van der Waals surface area contributed by atoms with E-state index in [0.717, 1.165) is 32.1 Å². The maximum absolute atomic E-state index is 13.2. The molecule has 1 saturated carbocycles. The lowest BCUT2D eigenvalue weighted by molar-refractivity contribution is -0.119. The fourth-order valence-electron chi connectivity index (χ4n) is 4.36. The molecular formula is C24H32N6O3S. The molecule has 1 aliphatic rings. The summed E-state index contributed by atoms with van der Waals surface area (Å²) in [5.41, 5.74) is 0.556. The van der Waals surface area contributed by atoms with E-state index in [9.17, 15) is 14.4 Å². The number of aromatic nitrogens is 4. The van der Waals surface area contributed by atoms with Crippen LogP contribution < -0.4 is 16.2 Å². The first-order valence-corrected chi connectivity index (χ1v) is 12.8. The van der Waals surface area contributed by atoms with E-state index in [1.54, 1.807) is 27.2 Å². The number of nitrogens with one attached hydrogen (secondary N) is 2. The molecule has 2 heterocycles. The number of aryl methyl sites for hydroxylation is 1. The zero-order chi connectivity index (χ0) is 24.5. The molecule has 1 aromatic carbocycles. The molecule has 182 valence electrons. The van der Waals surface area contributed by atoms with Crippen molar-refractivity contribution in [1.82, 2.24) is 29.8 Å². The largest absolute Gasteiger partial charge is 0.351 e. The molecule has 10 heteroatoms. The number of hydrogen-bond acceptors (Lipinski definition) is 6. The monoisotopic (exact) mass is 484 g/mol. The molecule has 2 aromatic heterocycles. The summed E-state index contributed by atoms with van der Waals surface area (Å²) in [7, 11) is 0. The summed E-state index contributed by atoms with van der Waals surface area (Å²) in [5.74, 6) is 0.309. The first-order chi connectivity index (χ1) is 16.2. The van der Waals surface area contributed by atoms with E-state index in [0.29, 0.717) is 33.9 Å². The summed E-state index contributed by atoms with van der Waals surface area (Å²) >= 11 is 1.25. The smallest absolute Gasteiger partial charge is 0.262 e. The Hall–Kier alpha value is -2.88. The average molecular weight is 485 g/mol. The fourth-order valence-corrected chi connectivity index (χ4v) is 5.10. The summed E-state index contributed by atoms with van der Waals surface area (Å²) in [4.78, 5) is 38.5. The van der Waals surface area contributed by atoms with Crippen LogP contribution in [0.3, 0.4) is 0 Å². The minimum absolute atomic E-state index is 0.114. The molecular weight excluding hydrogens is 452 g/mol. The maximum atomic E-state index is 13.2. The van der Waals surface area contributed by atoms with Crippen LogP contribution in [0.5, 0.6) is 0 Å².